The lowest BCUT2D eigenvalue weighted by Crippen LogP contribution is -2.19. The van der Waals surface area contributed by atoms with Gasteiger partial charge in [-0.15, -0.1) is 0 Å². The van der Waals surface area contributed by atoms with E-state index >= 15 is 0 Å². The molecule has 5 nitrogen and oxygen atoms in total. The maximum absolute atomic E-state index is 9.23. The Morgan fingerprint density at radius 1 is 1.25 bits per heavy atom. The minimum Gasteiger partial charge on any atom is -0.488 e. The number of H-pyrrole nitrogens is 1. The Hall–Kier alpha value is -1.85. The highest BCUT2D eigenvalue weighted by Crippen LogP contribution is 2.25. The van der Waals surface area contributed by atoms with Crippen LogP contribution in [0.4, 0.5) is 0 Å². The zero-order valence-corrected chi connectivity index (χ0v) is 15.0. The zero-order chi connectivity index (χ0) is 17.4. The smallest absolute Gasteiger partial charge is 0.121 e. The van der Waals surface area contributed by atoms with Crippen LogP contribution >= 0.6 is 0 Å². The highest BCUT2D eigenvalue weighted by Gasteiger charge is 2.11. The summed E-state index contributed by atoms with van der Waals surface area (Å²) in [5, 5.41) is 16.6. The molecule has 0 aliphatic heterocycles. The van der Waals surface area contributed by atoms with E-state index in [1.807, 2.05) is 37.4 Å². The first kappa shape index (κ1) is 18.5. The molecule has 132 valence electrons. The molecule has 2 N–H and O–H groups in total. The molecule has 0 fully saturated rings. The van der Waals surface area contributed by atoms with Crippen LogP contribution < -0.4 is 4.74 Å². The largest absolute Gasteiger partial charge is 0.488 e. The zero-order valence-electron chi connectivity index (χ0n) is 15.0. The molecular formula is C19H29N3O2. The van der Waals surface area contributed by atoms with Gasteiger partial charge in [0.05, 0.1) is 18.5 Å². The van der Waals surface area contributed by atoms with Crippen molar-refractivity contribution in [3.05, 3.63) is 36.0 Å². The Balaban J connectivity index is 2.05. The van der Waals surface area contributed by atoms with Crippen molar-refractivity contribution in [1.82, 2.24) is 15.1 Å². The fraction of sp³-hybridized carbons (Fsp3) is 0.526. The van der Waals surface area contributed by atoms with E-state index in [4.69, 9.17) is 4.74 Å². The van der Waals surface area contributed by atoms with Gasteiger partial charge in [0.1, 0.15) is 11.9 Å². The van der Waals surface area contributed by atoms with Crippen LogP contribution in [0.1, 0.15) is 38.7 Å². The number of aromatic nitrogens is 2. The van der Waals surface area contributed by atoms with Crippen LogP contribution in [0.25, 0.3) is 11.3 Å². The van der Waals surface area contributed by atoms with Gasteiger partial charge in [-0.25, -0.2) is 0 Å². The first-order valence-electron chi connectivity index (χ1n) is 8.76. The Morgan fingerprint density at radius 2 is 2.00 bits per heavy atom. The second-order valence-corrected chi connectivity index (χ2v) is 6.22. The number of ether oxygens (including phenoxy) is 1. The Labute approximate surface area is 144 Å². The molecule has 1 heterocycles. The van der Waals surface area contributed by atoms with Gasteiger partial charge in [-0.2, -0.15) is 5.10 Å². The average molecular weight is 331 g/mol. The van der Waals surface area contributed by atoms with E-state index in [1.165, 1.54) is 18.4 Å². The predicted molar refractivity (Wildman–Crippen MR) is 97.1 cm³/mol. The molecule has 1 unspecified atom stereocenters. The van der Waals surface area contributed by atoms with E-state index in [0.29, 0.717) is 0 Å². The molecule has 0 saturated carbocycles. The predicted octanol–water partition coefficient (Wildman–Crippen LogP) is 3.46. The quantitative estimate of drug-likeness (QED) is 0.700. The summed E-state index contributed by atoms with van der Waals surface area (Å²) in [4.78, 5) is 2.32. The molecule has 5 heteroatoms. The topological polar surface area (TPSA) is 61.4 Å². The second kappa shape index (κ2) is 9.45. The Bertz CT molecular complexity index is 591. The number of rotatable bonds is 10. The third kappa shape index (κ3) is 5.08. The minimum atomic E-state index is -0.147. The normalized spacial score (nSPS) is 12.5. The number of hydrogen-bond donors (Lipinski definition) is 2. The van der Waals surface area contributed by atoms with Crippen molar-refractivity contribution in [3.8, 4) is 17.0 Å². The van der Waals surface area contributed by atoms with E-state index in [2.05, 4.69) is 29.1 Å². The fourth-order valence-corrected chi connectivity index (χ4v) is 2.62. The molecule has 0 aliphatic carbocycles. The lowest BCUT2D eigenvalue weighted by atomic mass is 10.1. The van der Waals surface area contributed by atoms with Crippen molar-refractivity contribution in [2.45, 2.75) is 45.8 Å². The monoisotopic (exact) mass is 331 g/mol. The maximum atomic E-state index is 9.23. The van der Waals surface area contributed by atoms with E-state index in [0.717, 1.165) is 36.5 Å². The van der Waals surface area contributed by atoms with Crippen LogP contribution in [-0.4, -0.2) is 46.5 Å². The number of nitrogens with zero attached hydrogens (tertiary/aromatic N) is 2. The molecule has 2 aromatic rings. The first-order valence-corrected chi connectivity index (χ1v) is 8.76. The second-order valence-electron chi connectivity index (χ2n) is 6.22. The highest BCUT2D eigenvalue weighted by atomic mass is 16.5. The van der Waals surface area contributed by atoms with Gasteiger partial charge in [-0.3, -0.25) is 5.10 Å². The molecule has 1 atom stereocenters. The van der Waals surface area contributed by atoms with Crippen molar-refractivity contribution in [1.29, 1.82) is 0 Å². The SMILES string of the molecule is CCCCN(C)Cc1cn[nH]c1-c1ccc(OC(CC)CO)cc1. The van der Waals surface area contributed by atoms with Crippen LogP contribution in [0.3, 0.4) is 0 Å². The van der Waals surface area contributed by atoms with Gasteiger partial charge in [0.25, 0.3) is 0 Å². The number of aliphatic hydroxyl groups is 1. The summed E-state index contributed by atoms with van der Waals surface area (Å²) in [5.41, 5.74) is 3.35. The summed E-state index contributed by atoms with van der Waals surface area (Å²) >= 11 is 0. The number of aromatic amines is 1. The third-order valence-electron chi connectivity index (χ3n) is 4.16. The van der Waals surface area contributed by atoms with E-state index in [-0.39, 0.29) is 12.7 Å². The molecule has 2 rings (SSSR count). The fourth-order valence-electron chi connectivity index (χ4n) is 2.62. The number of benzene rings is 1. The number of hydrogen-bond acceptors (Lipinski definition) is 4. The number of aliphatic hydroxyl groups excluding tert-OH is 1. The molecule has 0 bridgehead atoms. The molecule has 1 aromatic carbocycles. The average Bonchev–Trinajstić information content (AvgIpc) is 3.06. The van der Waals surface area contributed by atoms with Crippen LogP contribution in [0.2, 0.25) is 0 Å². The van der Waals surface area contributed by atoms with Gasteiger partial charge in [0.2, 0.25) is 0 Å². The number of unbranched alkanes of at least 4 members (excludes halogenated alkanes) is 1. The van der Waals surface area contributed by atoms with Gasteiger partial charge < -0.3 is 14.7 Å². The van der Waals surface area contributed by atoms with Gasteiger partial charge in [0.15, 0.2) is 0 Å². The van der Waals surface area contributed by atoms with E-state index in [1.54, 1.807) is 0 Å². The summed E-state index contributed by atoms with van der Waals surface area (Å²) in [6.45, 7) is 6.22. The highest BCUT2D eigenvalue weighted by molar-refractivity contribution is 5.63. The van der Waals surface area contributed by atoms with Crippen molar-refractivity contribution < 1.29 is 9.84 Å². The van der Waals surface area contributed by atoms with E-state index in [9.17, 15) is 5.11 Å². The van der Waals surface area contributed by atoms with Crippen molar-refractivity contribution in [2.24, 2.45) is 0 Å². The Kier molecular flexibility index (Phi) is 7.28. The molecule has 0 amide bonds. The molecule has 0 saturated heterocycles. The standard InChI is InChI=1S/C19H29N3O2/c1-4-6-11-22(3)13-16-12-20-21-19(16)15-7-9-18(10-8-15)24-17(5-2)14-23/h7-10,12,17,23H,4-6,11,13-14H2,1-3H3,(H,20,21). The molecular weight excluding hydrogens is 302 g/mol. The maximum Gasteiger partial charge on any atom is 0.121 e. The summed E-state index contributed by atoms with van der Waals surface area (Å²) in [6, 6.07) is 7.95. The number of nitrogens with one attached hydrogen (secondary N) is 1. The third-order valence-corrected chi connectivity index (χ3v) is 4.16. The van der Waals surface area contributed by atoms with E-state index < -0.39 is 0 Å². The van der Waals surface area contributed by atoms with Crippen molar-refractivity contribution >= 4 is 0 Å². The molecule has 24 heavy (non-hydrogen) atoms. The van der Waals surface area contributed by atoms with Crippen LogP contribution in [0.5, 0.6) is 5.75 Å². The summed E-state index contributed by atoms with van der Waals surface area (Å²) in [6.07, 6.45) is 4.95. The summed E-state index contributed by atoms with van der Waals surface area (Å²) in [5.74, 6) is 0.778. The van der Waals surface area contributed by atoms with Crippen LogP contribution in [0.15, 0.2) is 30.5 Å². The van der Waals surface area contributed by atoms with Gasteiger partial charge >= 0.3 is 0 Å². The molecule has 1 aromatic heterocycles. The van der Waals surface area contributed by atoms with Crippen molar-refractivity contribution in [2.75, 3.05) is 20.2 Å². The lowest BCUT2D eigenvalue weighted by Gasteiger charge is -2.17. The molecule has 0 aliphatic rings. The van der Waals surface area contributed by atoms with Crippen LogP contribution in [-0.2, 0) is 6.54 Å². The van der Waals surface area contributed by atoms with Crippen molar-refractivity contribution in [3.63, 3.8) is 0 Å². The van der Waals surface area contributed by atoms with Gasteiger partial charge in [-0.1, -0.05) is 20.3 Å². The summed E-state index contributed by atoms with van der Waals surface area (Å²) < 4.78 is 5.74. The van der Waals surface area contributed by atoms with Crippen LogP contribution in [0, 0.1) is 0 Å². The lowest BCUT2D eigenvalue weighted by molar-refractivity contribution is 0.112. The molecule has 0 spiro atoms. The molecule has 0 radical (unpaired) electrons. The van der Waals surface area contributed by atoms with Gasteiger partial charge in [-0.05, 0) is 50.7 Å². The summed E-state index contributed by atoms with van der Waals surface area (Å²) in [7, 11) is 2.14. The van der Waals surface area contributed by atoms with Gasteiger partial charge in [0, 0.05) is 17.7 Å². The first-order chi connectivity index (χ1) is 11.7. The minimum absolute atomic E-state index is 0.0348. The Morgan fingerprint density at radius 3 is 2.62 bits per heavy atom.